The van der Waals surface area contributed by atoms with Gasteiger partial charge < -0.3 is 19.1 Å². The second-order valence-electron chi connectivity index (χ2n) is 10.4. The number of amides is 1. The largest absolute Gasteiger partial charge is 0.443 e. The van der Waals surface area contributed by atoms with Gasteiger partial charge in [-0.15, -0.1) is 0 Å². The molecule has 1 amide bonds. The van der Waals surface area contributed by atoms with Gasteiger partial charge in [0, 0.05) is 31.2 Å². The van der Waals surface area contributed by atoms with Crippen LogP contribution in [0.4, 0.5) is 4.79 Å². The molecular formula is C26H33NO4. The SMILES string of the molecule is C[C@@H](c1ccc2ccccc2c1)N1CCC2(CCC3(CC2)OCC(C)(C)CO3)OC1=O. The van der Waals surface area contributed by atoms with E-state index >= 15 is 0 Å². The lowest BCUT2D eigenvalue weighted by Gasteiger charge is -2.51. The molecule has 2 aliphatic heterocycles. The molecular weight excluding hydrogens is 390 g/mol. The monoisotopic (exact) mass is 423 g/mol. The van der Waals surface area contributed by atoms with Crippen LogP contribution >= 0.6 is 0 Å². The van der Waals surface area contributed by atoms with Crippen LogP contribution in [0.25, 0.3) is 10.8 Å². The highest BCUT2D eigenvalue weighted by molar-refractivity contribution is 5.83. The number of hydrogen-bond acceptors (Lipinski definition) is 4. The van der Waals surface area contributed by atoms with Crippen molar-refractivity contribution in [2.75, 3.05) is 19.8 Å². The van der Waals surface area contributed by atoms with Gasteiger partial charge in [-0.3, -0.25) is 0 Å². The minimum atomic E-state index is -0.483. The van der Waals surface area contributed by atoms with Crippen molar-refractivity contribution in [3.8, 4) is 0 Å². The maximum Gasteiger partial charge on any atom is 0.410 e. The number of hydrogen-bond donors (Lipinski definition) is 0. The van der Waals surface area contributed by atoms with Crippen molar-refractivity contribution in [1.82, 2.24) is 4.90 Å². The van der Waals surface area contributed by atoms with Crippen molar-refractivity contribution in [1.29, 1.82) is 0 Å². The number of ether oxygens (including phenoxy) is 3. The van der Waals surface area contributed by atoms with Gasteiger partial charge in [-0.1, -0.05) is 50.2 Å². The van der Waals surface area contributed by atoms with Crippen LogP contribution in [0, 0.1) is 5.41 Å². The molecule has 2 saturated heterocycles. The maximum absolute atomic E-state index is 13.0. The van der Waals surface area contributed by atoms with Gasteiger partial charge >= 0.3 is 6.09 Å². The zero-order valence-electron chi connectivity index (χ0n) is 18.9. The first kappa shape index (κ1) is 20.8. The minimum Gasteiger partial charge on any atom is -0.443 e. The molecule has 0 unspecified atom stereocenters. The molecule has 0 aromatic heterocycles. The van der Waals surface area contributed by atoms with Crippen LogP contribution in [0.15, 0.2) is 42.5 Å². The average molecular weight is 424 g/mol. The molecule has 1 atom stereocenters. The summed E-state index contributed by atoms with van der Waals surface area (Å²) >= 11 is 0. The van der Waals surface area contributed by atoms with Crippen molar-refractivity contribution < 1.29 is 19.0 Å². The number of nitrogens with zero attached hydrogens (tertiary/aromatic N) is 1. The zero-order chi connectivity index (χ0) is 21.7. The summed E-state index contributed by atoms with van der Waals surface area (Å²) in [5.74, 6) is -0.483. The summed E-state index contributed by atoms with van der Waals surface area (Å²) in [5.41, 5.74) is 0.833. The zero-order valence-corrected chi connectivity index (χ0v) is 18.9. The van der Waals surface area contributed by atoms with E-state index in [2.05, 4.69) is 51.1 Å². The summed E-state index contributed by atoms with van der Waals surface area (Å²) < 4.78 is 18.4. The molecule has 2 aromatic rings. The minimum absolute atomic E-state index is 0.0170. The lowest BCUT2D eigenvalue weighted by molar-refractivity contribution is -0.320. The van der Waals surface area contributed by atoms with Gasteiger partial charge in [0.05, 0.1) is 19.3 Å². The van der Waals surface area contributed by atoms with E-state index in [1.165, 1.54) is 10.8 Å². The Hall–Kier alpha value is -2.11. The molecule has 2 aromatic carbocycles. The Morgan fingerprint density at radius 2 is 1.58 bits per heavy atom. The standard InChI is InChI=1S/C26H33NO4/c1-19(21-9-8-20-6-4-5-7-22(20)16-21)27-15-14-25(31-23(27)28)10-12-26(13-11-25)29-17-24(2,3)18-30-26/h4-9,16,19H,10-15,17-18H2,1-3H3/t19-/m0/s1. The van der Waals surface area contributed by atoms with Crippen LogP contribution in [-0.2, 0) is 14.2 Å². The highest BCUT2D eigenvalue weighted by Crippen LogP contribution is 2.47. The fourth-order valence-corrected chi connectivity index (χ4v) is 5.17. The fraction of sp³-hybridized carbons (Fsp3) is 0.577. The number of rotatable bonds is 2. The highest BCUT2D eigenvalue weighted by atomic mass is 16.7. The van der Waals surface area contributed by atoms with Crippen LogP contribution in [0.3, 0.4) is 0 Å². The van der Waals surface area contributed by atoms with Crippen LogP contribution in [-0.4, -0.2) is 42.1 Å². The Bertz CT molecular complexity index is 964. The first-order valence-electron chi connectivity index (χ1n) is 11.6. The predicted molar refractivity (Wildman–Crippen MR) is 120 cm³/mol. The molecule has 5 rings (SSSR count). The lowest BCUT2D eigenvalue weighted by Crippen LogP contribution is -2.56. The average Bonchev–Trinajstić information content (AvgIpc) is 2.77. The molecule has 0 radical (unpaired) electrons. The summed E-state index contributed by atoms with van der Waals surface area (Å²) in [5, 5.41) is 2.41. The van der Waals surface area contributed by atoms with Gasteiger partial charge in [0.15, 0.2) is 5.79 Å². The lowest BCUT2D eigenvalue weighted by atomic mass is 9.77. The summed E-state index contributed by atoms with van der Waals surface area (Å²) in [6.07, 6.45) is 3.84. The van der Waals surface area contributed by atoms with E-state index in [1.54, 1.807) is 0 Å². The Kier molecular flexibility index (Phi) is 5.02. The van der Waals surface area contributed by atoms with Crippen LogP contribution in [0.2, 0.25) is 0 Å². The highest BCUT2D eigenvalue weighted by Gasteiger charge is 2.51. The van der Waals surface area contributed by atoms with E-state index in [-0.39, 0.29) is 23.2 Å². The molecule has 1 aliphatic carbocycles. The number of fused-ring (bicyclic) bond motifs is 1. The normalized spacial score (nSPS) is 25.5. The smallest absolute Gasteiger partial charge is 0.410 e. The Labute approximate surface area is 184 Å². The van der Waals surface area contributed by atoms with Crippen molar-refractivity contribution in [2.45, 2.75) is 70.3 Å². The quantitative estimate of drug-likeness (QED) is 0.610. The van der Waals surface area contributed by atoms with Gasteiger partial charge in [0.1, 0.15) is 5.60 Å². The Morgan fingerprint density at radius 1 is 0.903 bits per heavy atom. The molecule has 5 heteroatoms. The summed E-state index contributed by atoms with van der Waals surface area (Å²) in [6, 6.07) is 14.7. The molecule has 0 bridgehead atoms. The van der Waals surface area contributed by atoms with Gasteiger partial charge in [-0.25, -0.2) is 4.79 Å². The van der Waals surface area contributed by atoms with Crippen LogP contribution in [0.1, 0.15) is 64.5 Å². The van der Waals surface area contributed by atoms with Crippen molar-refractivity contribution in [2.24, 2.45) is 5.41 Å². The Balaban J connectivity index is 1.24. The van der Waals surface area contributed by atoms with Gasteiger partial charge in [-0.05, 0) is 42.2 Å². The van der Waals surface area contributed by atoms with Crippen molar-refractivity contribution in [3.05, 3.63) is 48.0 Å². The third-order valence-electron chi connectivity index (χ3n) is 7.45. The molecule has 0 N–H and O–H groups in total. The van der Waals surface area contributed by atoms with Crippen LogP contribution in [0.5, 0.6) is 0 Å². The molecule has 5 nitrogen and oxygen atoms in total. The van der Waals surface area contributed by atoms with Crippen molar-refractivity contribution >= 4 is 16.9 Å². The van der Waals surface area contributed by atoms with Gasteiger partial charge in [0.2, 0.25) is 0 Å². The summed E-state index contributed by atoms with van der Waals surface area (Å²) in [7, 11) is 0. The van der Waals surface area contributed by atoms with E-state index in [9.17, 15) is 4.79 Å². The number of benzene rings is 2. The molecule has 2 spiro atoms. The van der Waals surface area contributed by atoms with E-state index in [4.69, 9.17) is 14.2 Å². The first-order chi connectivity index (χ1) is 14.8. The molecule has 1 saturated carbocycles. The molecule has 166 valence electrons. The molecule has 2 heterocycles. The molecule has 3 aliphatic rings. The second-order valence-corrected chi connectivity index (χ2v) is 10.4. The summed E-state index contributed by atoms with van der Waals surface area (Å²) in [4.78, 5) is 14.9. The predicted octanol–water partition coefficient (Wildman–Crippen LogP) is 5.83. The molecule has 3 fully saturated rings. The number of carbonyl (C=O) groups is 1. The first-order valence-corrected chi connectivity index (χ1v) is 11.6. The second kappa shape index (κ2) is 7.49. The topological polar surface area (TPSA) is 48.0 Å². The van der Waals surface area contributed by atoms with E-state index < -0.39 is 5.79 Å². The van der Waals surface area contributed by atoms with Crippen molar-refractivity contribution in [3.63, 3.8) is 0 Å². The van der Waals surface area contributed by atoms with Gasteiger partial charge in [-0.2, -0.15) is 0 Å². The Morgan fingerprint density at radius 3 is 2.26 bits per heavy atom. The van der Waals surface area contributed by atoms with Crippen LogP contribution < -0.4 is 0 Å². The maximum atomic E-state index is 13.0. The number of carbonyl (C=O) groups excluding carboxylic acids is 1. The third-order valence-corrected chi connectivity index (χ3v) is 7.45. The van der Waals surface area contributed by atoms with E-state index in [0.29, 0.717) is 6.54 Å². The van der Waals surface area contributed by atoms with Gasteiger partial charge in [0.25, 0.3) is 0 Å². The fourth-order valence-electron chi connectivity index (χ4n) is 5.17. The van der Waals surface area contributed by atoms with E-state index in [1.807, 2.05) is 17.0 Å². The third kappa shape index (κ3) is 3.94. The summed E-state index contributed by atoms with van der Waals surface area (Å²) in [6.45, 7) is 8.57. The van der Waals surface area contributed by atoms with E-state index in [0.717, 1.165) is 50.9 Å². The molecule has 31 heavy (non-hydrogen) atoms.